The van der Waals surface area contributed by atoms with Gasteiger partial charge in [0.1, 0.15) is 18.1 Å². The van der Waals surface area contributed by atoms with Crippen LogP contribution in [0.15, 0.2) is 24.3 Å². The third-order valence-corrected chi connectivity index (χ3v) is 3.70. The van der Waals surface area contributed by atoms with E-state index in [1.165, 1.54) is 19.3 Å². The molecule has 0 amide bonds. The van der Waals surface area contributed by atoms with Crippen LogP contribution in [0.4, 0.5) is 0 Å². The first kappa shape index (κ1) is 13.2. The van der Waals surface area contributed by atoms with Crippen LogP contribution in [-0.2, 0) is 0 Å². The fraction of sp³-hybridized carbons (Fsp3) is 0.600. The molecule has 1 aliphatic carbocycles. The van der Waals surface area contributed by atoms with Crippen LogP contribution >= 0.6 is 0 Å². The molecule has 0 saturated heterocycles. The molecule has 0 aromatic heterocycles. The Bertz CT molecular complexity index is 350. The summed E-state index contributed by atoms with van der Waals surface area (Å²) in [4.78, 5) is 0. The molecule has 1 fully saturated rings. The Kier molecular flexibility index (Phi) is 4.88. The molecule has 1 aromatic rings. The van der Waals surface area contributed by atoms with Crippen molar-refractivity contribution in [1.29, 1.82) is 0 Å². The third-order valence-electron chi connectivity index (χ3n) is 3.70. The summed E-state index contributed by atoms with van der Waals surface area (Å²) in [5.74, 6) is 2.57. The summed E-state index contributed by atoms with van der Waals surface area (Å²) in [5.41, 5.74) is 0. The number of ether oxygens (including phenoxy) is 2. The van der Waals surface area contributed by atoms with Crippen LogP contribution in [0.1, 0.15) is 26.2 Å². The van der Waals surface area contributed by atoms with E-state index in [0.717, 1.165) is 30.6 Å². The van der Waals surface area contributed by atoms with Crippen molar-refractivity contribution >= 4 is 0 Å². The second-order valence-corrected chi connectivity index (χ2v) is 4.99. The van der Waals surface area contributed by atoms with Gasteiger partial charge in [-0.25, -0.2) is 0 Å². The Labute approximate surface area is 109 Å². The Morgan fingerprint density at radius 3 is 2.50 bits per heavy atom. The van der Waals surface area contributed by atoms with Gasteiger partial charge in [0.05, 0.1) is 7.11 Å². The van der Waals surface area contributed by atoms with Crippen LogP contribution in [0.5, 0.6) is 11.5 Å². The molecule has 2 rings (SSSR count). The van der Waals surface area contributed by atoms with Crippen LogP contribution in [0.2, 0.25) is 0 Å². The zero-order valence-electron chi connectivity index (χ0n) is 11.3. The van der Waals surface area contributed by atoms with Crippen LogP contribution in [0.3, 0.4) is 0 Å². The molecule has 1 N–H and O–H groups in total. The van der Waals surface area contributed by atoms with Crippen molar-refractivity contribution in [2.45, 2.75) is 32.2 Å². The van der Waals surface area contributed by atoms with E-state index >= 15 is 0 Å². The molecule has 1 saturated carbocycles. The van der Waals surface area contributed by atoms with E-state index in [4.69, 9.17) is 9.47 Å². The fourth-order valence-corrected chi connectivity index (χ4v) is 2.53. The first-order chi connectivity index (χ1) is 8.79. The predicted octanol–water partition coefficient (Wildman–Crippen LogP) is 2.85. The van der Waals surface area contributed by atoms with Gasteiger partial charge >= 0.3 is 0 Å². The van der Waals surface area contributed by atoms with E-state index in [1.54, 1.807) is 7.11 Å². The average molecular weight is 249 g/mol. The topological polar surface area (TPSA) is 30.5 Å². The molecule has 0 radical (unpaired) electrons. The largest absolute Gasteiger partial charge is 0.497 e. The minimum absolute atomic E-state index is 0.685. The quantitative estimate of drug-likeness (QED) is 0.786. The Morgan fingerprint density at radius 1 is 1.17 bits per heavy atom. The lowest BCUT2D eigenvalue weighted by atomic mass is 10.1. The molecule has 0 spiro atoms. The van der Waals surface area contributed by atoms with Gasteiger partial charge in [-0.05, 0) is 43.0 Å². The highest BCUT2D eigenvalue weighted by Gasteiger charge is 2.22. The highest BCUT2D eigenvalue weighted by Crippen LogP contribution is 2.24. The lowest BCUT2D eigenvalue weighted by Gasteiger charge is -2.17. The lowest BCUT2D eigenvalue weighted by Crippen LogP contribution is -2.34. The molecule has 0 aliphatic heterocycles. The number of rotatable bonds is 6. The Morgan fingerprint density at radius 2 is 1.89 bits per heavy atom. The van der Waals surface area contributed by atoms with Crippen LogP contribution in [-0.4, -0.2) is 26.3 Å². The molecule has 3 heteroatoms. The van der Waals surface area contributed by atoms with Gasteiger partial charge in [-0.15, -0.1) is 0 Å². The number of nitrogens with one attached hydrogen (secondary N) is 1. The lowest BCUT2D eigenvalue weighted by molar-refractivity contribution is 0.296. The SMILES string of the molecule is COc1ccc(OCCNC2CCCC2C)cc1. The molecule has 3 nitrogen and oxygen atoms in total. The zero-order chi connectivity index (χ0) is 12.8. The highest BCUT2D eigenvalue weighted by atomic mass is 16.5. The predicted molar refractivity (Wildman–Crippen MR) is 73.3 cm³/mol. The molecule has 2 atom stereocenters. The van der Waals surface area contributed by atoms with E-state index < -0.39 is 0 Å². The first-order valence-electron chi connectivity index (χ1n) is 6.80. The number of hydrogen-bond donors (Lipinski definition) is 1. The van der Waals surface area contributed by atoms with Gasteiger partial charge in [0.15, 0.2) is 0 Å². The maximum absolute atomic E-state index is 5.68. The highest BCUT2D eigenvalue weighted by molar-refractivity contribution is 5.31. The number of methoxy groups -OCH3 is 1. The number of benzene rings is 1. The van der Waals surface area contributed by atoms with Crippen molar-refractivity contribution in [2.24, 2.45) is 5.92 Å². The maximum Gasteiger partial charge on any atom is 0.119 e. The summed E-state index contributed by atoms with van der Waals surface area (Å²) in [6.45, 7) is 3.96. The van der Waals surface area contributed by atoms with Crippen molar-refractivity contribution in [3.05, 3.63) is 24.3 Å². The van der Waals surface area contributed by atoms with E-state index in [-0.39, 0.29) is 0 Å². The molecule has 1 aliphatic rings. The molecular formula is C15H23NO2. The average Bonchev–Trinajstić information content (AvgIpc) is 2.81. The summed E-state index contributed by atoms with van der Waals surface area (Å²) < 4.78 is 10.8. The van der Waals surface area contributed by atoms with Crippen LogP contribution < -0.4 is 14.8 Å². The van der Waals surface area contributed by atoms with Crippen molar-refractivity contribution in [1.82, 2.24) is 5.32 Å². The summed E-state index contributed by atoms with van der Waals surface area (Å²) in [5, 5.41) is 3.57. The second-order valence-electron chi connectivity index (χ2n) is 4.99. The van der Waals surface area contributed by atoms with Gasteiger partial charge in [-0.2, -0.15) is 0 Å². The van der Waals surface area contributed by atoms with E-state index in [0.29, 0.717) is 6.04 Å². The van der Waals surface area contributed by atoms with Gasteiger partial charge in [-0.1, -0.05) is 13.3 Å². The molecule has 2 unspecified atom stereocenters. The summed E-state index contributed by atoms with van der Waals surface area (Å²) in [7, 11) is 1.67. The van der Waals surface area contributed by atoms with Crippen molar-refractivity contribution in [3.63, 3.8) is 0 Å². The first-order valence-corrected chi connectivity index (χ1v) is 6.80. The van der Waals surface area contributed by atoms with E-state index in [2.05, 4.69) is 12.2 Å². The smallest absolute Gasteiger partial charge is 0.119 e. The van der Waals surface area contributed by atoms with Crippen molar-refractivity contribution in [3.8, 4) is 11.5 Å². The van der Waals surface area contributed by atoms with Crippen LogP contribution in [0, 0.1) is 5.92 Å². The minimum Gasteiger partial charge on any atom is -0.497 e. The van der Waals surface area contributed by atoms with Gasteiger partial charge in [0.25, 0.3) is 0 Å². The standard InChI is InChI=1S/C15H23NO2/c1-12-4-3-5-15(12)16-10-11-18-14-8-6-13(17-2)7-9-14/h6-9,12,15-16H,3-5,10-11H2,1-2H3. The van der Waals surface area contributed by atoms with Gasteiger partial charge in [-0.3, -0.25) is 0 Å². The minimum atomic E-state index is 0.685. The van der Waals surface area contributed by atoms with Gasteiger partial charge in [0.2, 0.25) is 0 Å². The zero-order valence-corrected chi connectivity index (χ0v) is 11.3. The van der Waals surface area contributed by atoms with Crippen LogP contribution in [0.25, 0.3) is 0 Å². The van der Waals surface area contributed by atoms with Crippen molar-refractivity contribution in [2.75, 3.05) is 20.3 Å². The maximum atomic E-state index is 5.68. The number of hydrogen-bond acceptors (Lipinski definition) is 3. The summed E-state index contributed by atoms with van der Waals surface area (Å²) in [6, 6.07) is 8.40. The normalized spacial score (nSPS) is 23.0. The Hall–Kier alpha value is -1.22. The summed E-state index contributed by atoms with van der Waals surface area (Å²) in [6.07, 6.45) is 4.03. The van der Waals surface area contributed by atoms with E-state index in [1.807, 2.05) is 24.3 Å². The second kappa shape index (κ2) is 6.64. The molecule has 1 aromatic carbocycles. The monoisotopic (exact) mass is 249 g/mol. The van der Waals surface area contributed by atoms with Gasteiger partial charge < -0.3 is 14.8 Å². The Balaban J connectivity index is 1.65. The molecule has 0 heterocycles. The fourth-order valence-electron chi connectivity index (χ4n) is 2.53. The third kappa shape index (κ3) is 3.64. The molecule has 18 heavy (non-hydrogen) atoms. The molecule has 100 valence electrons. The molecular weight excluding hydrogens is 226 g/mol. The van der Waals surface area contributed by atoms with Gasteiger partial charge in [0, 0.05) is 12.6 Å². The van der Waals surface area contributed by atoms with Crippen molar-refractivity contribution < 1.29 is 9.47 Å². The summed E-state index contributed by atoms with van der Waals surface area (Å²) >= 11 is 0. The van der Waals surface area contributed by atoms with E-state index in [9.17, 15) is 0 Å². The molecule has 0 bridgehead atoms.